The van der Waals surface area contributed by atoms with Gasteiger partial charge in [-0.25, -0.2) is 0 Å². The first-order valence-corrected chi connectivity index (χ1v) is 7.59. The van der Waals surface area contributed by atoms with Gasteiger partial charge < -0.3 is 9.29 Å². The van der Waals surface area contributed by atoms with E-state index >= 15 is 0 Å². The Kier molecular flexibility index (Phi) is 4.11. The first-order valence-electron chi connectivity index (χ1n) is 6.18. The molecule has 0 amide bonds. The van der Waals surface area contributed by atoms with Crippen LogP contribution in [-0.2, 0) is 10.1 Å². The average molecular weight is 292 g/mol. The van der Waals surface area contributed by atoms with Crippen molar-refractivity contribution in [3.05, 3.63) is 59.7 Å². The zero-order chi connectivity index (χ0) is 14.8. The van der Waals surface area contributed by atoms with Crippen molar-refractivity contribution in [2.24, 2.45) is 0 Å². The Morgan fingerprint density at radius 3 is 2.25 bits per heavy atom. The van der Waals surface area contributed by atoms with Crippen molar-refractivity contribution in [2.45, 2.75) is 24.8 Å². The van der Waals surface area contributed by atoms with E-state index in [1.165, 1.54) is 18.2 Å². The summed E-state index contributed by atoms with van der Waals surface area (Å²) in [6.07, 6.45) is -0.806. The number of rotatable bonds is 4. The Balaban J connectivity index is 2.36. The highest BCUT2D eigenvalue weighted by Gasteiger charge is 2.19. The minimum atomic E-state index is -3.90. The second-order valence-electron chi connectivity index (χ2n) is 4.56. The lowest BCUT2D eigenvalue weighted by atomic mass is 10.1. The zero-order valence-electron chi connectivity index (χ0n) is 11.3. The third-order valence-corrected chi connectivity index (χ3v) is 4.13. The molecule has 106 valence electrons. The van der Waals surface area contributed by atoms with Gasteiger partial charge >= 0.3 is 10.1 Å². The average Bonchev–Trinajstić information content (AvgIpc) is 2.39. The molecule has 2 aromatic carbocycles. The molecule has 0 saturated heterocycles. The predicted molar refractivity (Wildman–Crippen MR) is 76.1 cm³/mol. The van der Waals surface area contributed by atoms with E-state index in [2.05, 4.69) is 0 Å². The Labute approximate surface area is 118 Å². The number of aryl methyl sites for hydroxylation is 1. The zero-order valence-corrected chi connectivity index (χ0v) is 12.1. The Bertz CT molecular complexity index is 688. The van der Waals surface area contributed by atoms with Crippen molar-refractivity contribution in [2.75, 3.05) is 0 Å². The van der Waals surface area contributed by atoms with Gasteiger partial charge in [-0.1, -0.05) is 35.9 Å². The number of hydrogen-bond donors (Lipinski definition) is 1. The van der Waals surface area contributed by atoms with E-state index in [0.717, 1.165) is 5.56 Å². The summed E-state index contributed by atoms with van der Waals surface area (Å²) in [5.41, 5.74) is 1.40. The van der Waals surface area contributed by atoms with Crippen molar-refractivity contribution < 1.29 is 17.7 Å². The van der Waals surface area contributed by atoms with Gasteiger partial charge in [-0.05, 0) is 32.0 Å². The monoisotopic (exact) mass is 292 g/mol. The third-order valence-electron chi connectivity index (χ3n) is 2.88. The van der Waals surface area contributed by atoms with Crippen LogP contribution in [0, 0.1) is 6.92 Å². The largest absolute Gasteiger partial charge is 0.389 e. The fourth-order valence-electron chi connectivity index (χ4n) is 1.77. The Morgan fingerprint density at radius 1 is 1.05 bits per heavy atom. The highest BCUT2D eigenvalue weighted by molar-refractivity contribution is 7.87. The van der Waals surface area contributed by atoms with E-state index in [-0.39, 0.29) is 10.6 Å². The molecule has 1 unspecified atom stereocenters. The second kappa shape index (κ2) is 5.64. The van der Waals surface area contributed by atoms with Crippen molar-refractivity contribution in [3.8, 4) is 5.75 Å². The molecule has 0 aliphatic heterocycles. The summed E-state index contributed by atoms with van der Waals surface area (Å²) in [4.78, 5) is 0.0866. The fraction of sp³-hybridized carbons (Fsp3) is 0.200. The molecule has 0 bridgehead atoms. The summed E-state index contributed by atoms with van der Waals surface area (Å²) in [7, 11) is -3.90. The van der Waals surface area contributed by atoms with Crippen molar-refractivity contribution in [1.82, 2.24) is 0 Å². The highest BCUT2D eigenvalue weighted by Crippen LogP contribution is 2.27. The minimum Gasteiger partial charge on any atom is -0.389 e. The Morgan fingerprint density at radius 2 is 1.65 bits per heavy atom. The summed E-state index contributed by atoms with van der Waals surface area (Å²) < 4.78 is 29.5. The molecule has 0 aliphatic carbocycles. The van der Waals surface area contributed by atoms with Crippen LogP contribution in [0.25, 0.3) is 0 Å². The third kappa shape index (κ3) is 3.18. The van der Waals surface area contributed by atoms with Crippen LogP contribution in [0.3, 0.4) is 0 Å². The SMILES string of the molecule is Cc1ccc(S(=O)(=O)Oc2ccccc2C(C)O)cc1. The van der Waals surface area contributed by atoms with Crippen LogP contribution in [0.15, 0.2) is 53.4 Å². The topological polar surface area (TPSA) is 63.6 Å². The van der Waals surface area contributed by atoms with Crippen molar-refractivity contribution in [3.63, 3.8) is 0 Å². The number of benzene rings is 2. The normalized spacial score (nSPS) is 12.9. The lowest BCUT2D eigenvalue weighted by molar-refractivity contribution is 0.197. The van der Waals surface area contributed by atoms with E-state index in [4.69, 9.17) is 4.18 Å². The van der Waals surface area contributed by atoms with E-state index < -0.39 is 16.2 Å². The first-order chi connectivity index (χ1) is 9.40. The summed E-state index contributed by atoms with van der Waals surface area (Å²) in [5, 5.41) is 9.63. The maximum absolute atomic E-state index is 12.2. The summed E-state index contributed by atoms with van der Waals surface area (Å²) >= 11 is 0. The van der Waals surface area contributed by atoms with E-state index in [1.54, 1.807) is 37.3 Å². The molecule has 0 aliphatic rings. The Hall–Kier alpha value is -1.85. The second-order valence-corrected chi connectivity index (χ2v) is 6.11. The molecular formula is C15H16O4S. The predicted octanol–water partition coefficient (Wildman–Crippen LogP) is 2.82. The van der Waals surface area contributed by atoms with Gasteiger partial charge in [0.05, 0.1) is 6.10 Å². The molecule has 0 spiro atoms. The lowest BCUT2D eigenvalue weighted by Gasteiger charge is -2.13. The van der Waals surface area contributed by atoms with Crippen LogP contribution in [0.4, 0.5) is 0 Å². The summed E-state index contributed by atoms with van der Waals surface area (Å²) in [6, 6.07) is 12.9. The van der Waals surface area contributed by atoms with Crippen LogP contribution in [0.5, 0.6) is 5.75 Å². The van der Waals surface area contributed by atoms with E-state index in [1.807, 2.05) is 6.92 Å². The van der Waals surface area contributed by atoms with Crippen LogP contribution < -0.4 is 4.18 Å². The van der Waals surface area contributed by atoms with Crippen molar-refractivity contribution >= 4 is 10.1 Å². The maximum atomic E-state index is 12.2. The molecule has 2 aromatic rings. The fourth-order valence-corrected chi connectivity index (χ4v) is 2.73. The van der Waals surface area contributed by atoms with Gasteiger partial charge in [0.1, 0.15) is 10.6 Å². The van der Waals surface area contributed by atoms with Crippen LogP contribution in [0.1, 0.15) is 24.2 Å². The van der Waals surface area contributed by atoms with Gasteiger partial charge in [-0.15, -0.1) is 0 Å². The van der Waals surface area contributed by atoms with E-state index in [0.29, 0.717) is 5.56 Å². The molecule has 2 rings (SSSR count). The molecule has 1 atom stereocenters. The van der Waals surface area contributed by atoms with Gasteiger partial charge in [0.2, 0.25) is 0 Å². The molecule has 0 saturated carbocycles. The number of para-hydroxylation sites is 1. The molecule has 4 nitrogen and oxygen atoms in total. The standard InChI is InChI=1S/C15H16O4S/c1-11-7-9-13(10-8-11)20(17,18)19-15-6-4-3-5-14(15)12(2)16/h3-10,12,16H,1-2H3. The molecule has 0 aromatic heterocycles. The molecule has 0 heterocycles. The van der Waals surface area contributed by atoms with Crippen LogP contribution >= 0.6 is 0 Å². The number of aliphatic hydroxyl groups excluding tert-OH is 1. The molecular weight excluding hydrogens is 276 g/mol. The molecule has 5 heteroatoms. The number of aliphatic hydroxyl groups is 1. The molecule has 0 fully saturated rings. The van der Waals surface area contributed by atoms with Gasteiger partial charge in [-0.2, -0.15) is 8.42 Å². The van der Waals surface area contributed by atoms with Crippen LogP contribution in [-0.4, -0.2) is 13.5 Å². The first kappa shape index (κ1) is 14.6. The molecule has 20 heavy (non-hydrogen) atoms. The lowest BCUT2D eigenvalue weighted by Crippen LogP contribution is -2.11. The van der Waals surface area contributed by atoms with Crippen molar-refractivity contribution in [1.29, 1.82) is 0 Å². The smallest absolute Gasteiger partial charge is 0.339 e. The highest BCUT2D eigenvalue weighted by atomic mass is 32.2. The quantitative estimate of drug-likeness (QED) is 0.880. The molecule has 0 radical (unpaired) electrons. The van der Waals surface area contributed by atoms with Gasteiger partial charge in [0.15, 0.2) is 0 Å². The number of hydrogen-bond acceptors (Lipinski definition) is 4. The minimum absolute atomic E-state index is 0.0866. The summed E-state index contributed by atoms with van der Waals surface area (Å²) in [5.74, 6) is 0.142. The maximum Gasteiger partial charge on any atom is 0.339 e. The van der Waals surface area contributed by atoms with Gasteiger partial charge in [0.25, 0.3) is 0 Å². The molecule has 1 N–H and O–H groups in total. The van der Waals surface area contributed by atoms with Gasteiger partial charge in [0, 0.05) is 5.56 Å². The van der Waals surface area contributed by atoms with Crippen LogP contribution in [0.2, 0.25) is 0 Å². The van der Waals surface area contributed by atoms with Gasteiger partial charge in [-0.3, -0.25) is 0 Å². The van der Waals surface area contributed by atoms with E-state index in [9.17, 15) is 13.5 Å². The summed E-state index contributed by atoms with van der Waals surface area (Å²) in [6.45, 7) is 3.43.